The van der Waals surface area contributed by atoms with Crippen molar-refractivity contribution >= 4 is 10.0 Å². The Balaban J connectivity index is 3.11. The van der Waals surface area contributed by atoms with Crippen molar-refractivity contribution in [2.45, 2.75) is 17.4 Å². The molecule has 0 heterocycles. The number of nitrogens with one attached hydrogen (secondary N) is 1. The van der Waals surface area contributed by atoms with Crippen LogP contribution in [-0.2, 0) is 14.8 Å². The second-order valence-corrected chi connectivity index (χ2v) is 5.69. The van der Waals surface area contributed by atoms with Gasteiger partial charge in [-0.05, 0) is 18.6 Å². The first-order chi connectivity index (χ1) is 9.46. The molecule has 0 aliphatic heterocycles. The van der Waals surface area contributed by atoms with Gasteiger partial charge in [0.05, 0.1) is 6.61 Å². The van der Waals surface area contributed by atoms with Crippen LogP contribution in [0.25, 0.3) is 0 Å². The first-order valence-corrected chi connectivity index (χ1v) is 7.25. The molecule has 8 heteroatoms. The molecular weight excluding hydrogens is 287 g/mol. The average molecular weight is 302 g/mol. The molecule has 0 bridgehead atoms. The van der Waals surface area contributed by atoms with Crippen molar-refractivity contribution in [3.63, 3.8) is 0 Å². The van der Waals surface area contributed by atoms with Crippen LogP contribution in [-0.4, -0.2) is 39.9 Å². The first-order valence-electron chi connectivity index (χ1n) is 5.77. The molecule has 0 radical (unpaired) electrons. The maximum absolute atomic E-state index is 13.4. The van der Waals surface area contributed by atoms with E-state index >= 15 is 0 Å². The summed E-state index contributed by atoms with van der Waals surface area (Å²) in [7, 11) is -2.68. The zero-order valence-corrected chi connectivity index (χ0v) is 11.7. The van der Waals surface area contributed by atoms with Crippen molar-refractivity contribution in [3.8, 4) is 6.07 Å². The van der Waals surface area contributed by atoms with Crippen LogP contribution in [0.5, 0.6) is 0 Å². The number of aliphatic hydroxyl groups is 1. The third-order valence-corrected chi connectivity index (χ3v) is 4.11. The minimum absolute atomic E-state index is 0.0526. The van der Waals surface area contributed by atoms with Gasteiger partial charge in [-0.15, -0.1) is 0 Å². The molecule has 1 aromatic rings. The van der Waals surface area contributed by atoms with Gasteiger partial charge in [-0.3, -0.25) is 0 Å². The monoisotopic (exact) mass is 302 g/mol. The van der Waals surface area contributed by atoms with Gasteiger partial charge in [0.15, 0.2) is 0 Å². The zero-order chi connectivity index (χ0) is 15.2. The maximum Gasteiger partial charge on any atom is 0.242 e. The van der Waals surface area contributed by atoms with Gasteiger partial charge in [0, 0.05) is 19.8 Å². The molecule has 110 valence electrons. The van der Waals surface area contributed by atoms with Crippen LogP contribution in [0.15, 0.2) is 23.1 Å². The van der Waals surface area contributed by atoms with Crippen LogP contribution in [0.3, 0.4) is 0 Å². The van der Waals surface area contributed by atoms with Gasteiger partial charge in [-0.25, -0.2) is 17.5 Å². The molecule has 0 fully saturated rings. The maximum atomic E-state index is 13.4. The van der Waals surface area contributed by atoms with Crippen LogP contribution in [0, 0.1) is 17.1 Å². The number of aliphatic hydroxyl groups excluding tert-OH is 1. The molecular formula is C12H15FN2O4S. The van der Waals surface area contributed by atoms with Crippen molar-refractivity contribution in [1.82, 2.24) is 4.72 Å². The lowest BCUT2D eigenvalue weighted by Gasteiger charge is -2.17. The van der Waals surface area contributed by atoms with Crippen molar-refractivity contribution < 1.29 is 22.7 Å². The second kappa shape index (κ2) is 7.31. The minimum Gasteiger partial charge on any atom is -0.396 e. The van der Waals surface area contributed by atoms with E-state index in [9.17, 15) is 12.8 Å². The number of nitriles is 1. The molecule has 20 heavy (non-hydrogen) atoms. The highest BCUT2D eigenvalue weighted by atomic mass is 32.2. The van der Waals surface area contributed by atoms with Crippen molar-refractivity contribution in [3.05, 3.63) is 29.6 Å². The number of nitrogens with zero attached hydrogens (tertiary/aromatic N) is 1. The fraction of sp³-hybridized carbons (Fsp3) is 0.417. The predicted molar refractivity (Wildman–Crippen MR) is 68.8 cm³/mol. The van der Waals surface area contributed by atoms with Gasteiger partial charge in [-0.2, -0.15) is 5.26 Å². The molecule has 1 atom stereocenters. The number of sulfonamides is 1. The number of halogens is 1. The van der Waals surface area contributed by atoms with Gasteiger partial charge >= 0.3 is 0 Å². The Hall–Kier alpha value is -1.53. The minimum atomic E-state index is -4.07. The van der Waals surface area contributed by atoms with Crippen LogP contribution < -0.4 is 4.72 Å². The Morgan fingerprint density at radius 1 is 1.55 bits per heavy atom. The van der Waals surface area contributed by atoms with E-state index in [1.165, 1.54) is 19.2 Å². The highest BCUT2D eigenvalue weighted by Crippen LogP contribution is 2.18. The number of hydrogen-bond acceptors (Lipinski definition) is 5. The van der Waals surface area contributed by atoms with Crippen molar-refractivity contribution in [2.75, 3.05) is 20.3 Å². The molecule has 0 saturated carbocycles. The number of benzene rings is 1. The normalized spacial score (nSPS) is 12.9. The van der Waals surface area contributed by atoms with Crippen LogP contribution in [0.4, 0.5) is 4.39 Å². The van der Waals surface area contributed by atoms with Gasteiger partial charge < -0.3 is 9.84 Å². The van der Waals surface area contributed by atoms with E-state index in [1.54, 1.807) is 0 Å². The third-order valence-electron chi connectivity index (χ3n) is 2.54. The number of rotatable bonds is 7. The van der Waals surface area contributed by atoms with Crippen molar-refractivity contribution in [1.29, 1.82) is 5.26 Å². The highest BCUT2D eigenvalue weighted by molar-refractivity contribution is 7.89. The van der Waals surface area contributed by atoms with Crippen LogP contribution >= 0.6 is 0 Å². The number of hydrogen-bond donors (Lipinski definition) is 2. The quantitative estimate of drug-likeness (QED) is 0.758. The lowest BCUT2D eigenvalue weighted by atomic mass is 10.2. The van der Waals surface area contributed by atoms with Gasteiger partial charge in [0.2, 0.25) is 10.0 Å². The van der Waals surface area contributed by atoms with Gasteiger partial charge in [0.25, 0.3) is 0 Å². The van der Waals surface area contributed by atoms with E-state index in [2.05, 4.69) is 4.72 Å². The number of methoxy groups -OCH3 is 1. The average Bonchev–Trinajstić information content (AvgIpc) is 2.38. The summed E-state index contributed by atoms with van der Waals surface area (Å²) < 4.78 is 44.9. The SMILES string of the molecule is COCC(CCO)NS(=O)(=O)c1cccc(F)c1C#N. The first kappa shape index (κ1) is 16.5. The van der Waals surface area contributed by atoms with Crippen molar-refractivity contribution in [2.24, 2.45) is 0 Å². The summed E-state index contributed by atoms with van der Waals surface area (Å²) in [6, 6.07) is 4.24. The third kappa shape index (κ3) is 3.98. The molecule has 6 nitrogen and oxygen atoms in total. The fourth-order valence-corrected chi connectivity index (χ4v) is 3.07. The molecule has 0 aliphatic carbocycles. The molecule has 1 rings (SSSR count). The topological polar surface area (TPSA) is 99.4 Å². The van der Waals surface area contributed by atoms with Crippen LogP contribution in [0.2, 0.25) is 0 Å². The van der Waals surface area contributed by atoms with E-state index in [1.807, 2.05) is 0 Å². The van der Waals surface area contributed by atoms with E-state index in [0.29, 0.717) is 0 Å². The smallest absolute Gasteiger partial charge is 0.242 e. The van der Waals surface area contributed by atoms with Gasteiger partial charge in [-0.1, -0.05) is 6.07 Å². The van der Waals surface area contributed by atoms with Crippen LogP contribution in [0.1, 0.15) is 12.0 Å². The summed E-state index contributed by atoms with van der Waals surface area (Å²) in [5, 5.41) is 17.7. The number of ether oxygens (including phenoxy) is 1. The Morgan fingerprint density at radius 2 is 2.25 bits per heavy atom. The molecule has 2 N–H and O–H groups in total. The molecule has 0 aromatic heterocycles. The van der Waals surface area contributed by atoms with E-state index in [0.717, 1.165) is 12.1 Å². The fourth-order valence-electron chi connectivity index (χ4n) is 1.65. The Kier molecular flexibility index (Phi) is 6.04. The lowest BCUT2D eigenvalue weighted by Crippen LogP contribution is -2.39. The summed E-state index contributed by atoms with van der Waals surface area (Å²) in [6.45, 7) is -0.179. The molecule has 1 unspecified atom stereocenters. The predicted octanol–water partition coefficient (Wildman–Crippen LogP) is 0.373. The van der Waals surface area contributed by atoms with E-state index < -0.39 is 32.3 Å². The molecule has 0 amide bonds. The largest absolute Gasteiger partial charge is 0.396 e. The zero-order valence-electron chi connectivity index (χ0n) is 10.8. The Morgan fingerprint density at radius 3 is 2.80 bits per heavy atom. The molecule has 0 saturated heterocycles. The standard InChI is InChI=1S/C12H15FN2O4S/c1-19-8-9(5-6-16)15-20(17,18)12-4-2-3-11(13)10(12)7-14/h2-4,9,15-16H,5-6,8H2,1H3. The molecule has 0 spiro atoms. The molecule has 0 aliphatic rings. The Bertz CT molecular complexity index is 592. The lowest BCUT2D eigenvalue weighted by molar-refractivity contribution is 0.158. The summed E-state index contributed by atoms with van der Waals surface area (Å²) in [5.74, 6) is -0.902. The summed E-state index contributed by atoms with van der Waals surface area (Å²) in [5.41, 5.74) is -0.542. The second-order valence-electron chi connectivity index (χ2n) is 4.01. The summed E-state index contributed by atoms with van der Waals surface area (Å²) >= 11 is 0. The summed E-state index contributed by atoms with van der Waals surface area (Å²) in [6.07, 6.45) is 0.143. The summed E-state index contributed by atoms with van der Waals surface area (Å²) in [4.78, 5) is -0.431. The van der Waals surface area contributed by atoms with E-state index in [4.69, 9.17) is 15.1 Å². The molecule has 1 aromatic carbocycles. The Labute approximate surface area is 116 Å². The van der Waals surface area contributed by atoms with E-state index in [-0.39, 0.29) is 19.6 Å². The highest BCUT2D eigenvalue weighted by Gasteiger charge is 2.24. The van der Waals surface area contributed by atoms with Gasteiger partial charge in [0.1, 0.15) is 22.3 Å².